The number of carboxylic acids is 1. The van der Waals surface area contributed by atoms with Crippen LogP contribution in [0.4, 0.5) is 0 Å². The molecule has 0 spiro atoms. The first-order valence-corrected chi connectivity index (χ1v) is 4.50. The van der Waals surface area contributed by atoms with Gasteiger partial charge in [0.2, 0.25) is 0 Å². The van der Waals surface area contributed by atoms with E-state index < -0.39 is 5.97 Å². The summed E-state index contributed by atoms with van der Waals surface area (Å²) in [7, 11) is 1.57. The van der Waals surface area contributed by atoms with Gasteiger partial charge in [-0.15, -0.1) is 0 Å². The molecular formula is C12H9O3-. The first-order chi connectivity index (χ1) is 7.22. The molecule has 2 rings (SSSR count). The van der Waals surface area contributed by atoms with E-state index in [-0.39, 0.29) is 5.56 Å². The lowest BCUT2D eigenvalue weighted by Gasteiger charge is -2.08. The van der Waals surface area contributed by atoms with Crippen LogP contribution in [-0.2, 0) is 0 Å². The fraction of sp³-hybridized carbons (Fsp3) is 0.0833. The van der Waals surface area contributed by atoms with Gasteiger partial charge in [-0.1, -0.05) is 24.3 Å². The standard InChI is InChI=1S/C12H10O3/c1-15-9-5-6-10-8(7-9)3-2-4-11(10)12(13)14/h2-7H,1H3,(H,13,14)/p-1. The molecule has 0 saturated heterocycles. The van der Waals surface area contributed by atoms with Gasteiger partial charge < -0.3 is 14.6 Å². The van der Waals surface area contributed by atoms with Gasteiger partial charge in [0, 0.05) is 5.56 Å². The molecule has 0 radical (unpaired) electrons. The number of carbonyl (C=O) groups excluding carboxylic acids is 1. The van der Waals surface area contributed by atoms with E-state index in [4.69, 9.17) is 4.74 Å². The molecule has 0 unspecified atom stereocenters. The van der Waals surface area contributed by atoms with Crippen LogP contribution in [0.5, 0.6) is 5.75 Å². The first-order valence-electron chi connectivity index (χ1n) is 4.50. The molecule has 0 bridgehead atoms. The van der Waals surface area contributed by atoms with E-state index in [0.717, 1.165) is 5.39 Å². The summed E-state index contributed by atoms with van der Waals surface area (Å²) in [4.78, 5) is 10.8. The Bertz CT molecular complexity index is 517. The van der Waals surface area contributed by atoms with Gasteiger partial charge in [-0.3, -0.25) is 0 Å². The van der Waals surface area contributed by atoms with Gasteiger partial charge in [-0.05, 0) is 22.9 Å². The summed E-state index contributed by atoms with van der Waals surface area (Å²) >= 11 is 0. The molecule has 0 aliphatic carbocycles. The smallest absolute Gasteiger partial charge is 0.119 e. The summed E-state index contributed by atoms with van der Waals surface area (Å²) in [6.07, 6.45) is 0. The average Bonchev–Trinajstić information content (AvgIpc) is 2.27. The van der Waals surface area contributed by atoms with Crippen molar-refractivity contribution in [3.8, 4) is 5.75 Å². The average molecular weight is 201 g/mol. The van der Waals surface area contributed by atoms with Gasteiger partial charge in [0.25, 0.3) is 0 Å². The number of methoxy groups -OCH3 is 1. The van der Waals surface area contributed by atoms with Crippen molar-refractivity contribution < 1.29 is 14.6 Å². The lowest BCUT2D eigenvalue weighted by Crippen LogP contribution is -2.22. The SMILES string of the molecule is COc1ccc2c(C(=O)[O-])cccc2c1. The summed E-state index contributed by atoms with van der Waals surface area (Å²) in [6.45, 7) is 0. The van der Waals surface area contributed by atoms with Crippen LogP contribution < -0.4 is 9.84 Å². The summed E-state index contributed by atoms with van der Waals surface area (Å²) in [5.41, 5.74) is 0.204. The molecule has 0 aliphatic rings. The van der Waals surface area contributed by atoms with Crippen LogP contribution in [0.15, 0.2) is 36.4 Å². The number of hydrogen-bond acceptors (Lipinski definition) is 3. The van der Waals surface area contributed by atoms with Crippen molar-refractivity contribution in [2.45, 2.75) is 0 Å². The number of aromatic carboxylic acids is 1. The zero-order chi connectivity index (χ0) is 10.8. The first kappa shape index (κ1) is 9.52. The van der Waals surface area contributed by atoms with Crippen LogP contribution in [0.2, 0.25) is 0 Å². The van der Waals surface area contributed by atoms with Gasteiger partial charge >= 0.3 is 0 Å². The molecular weight excluding hydrogens is 192 g/mol. The largest absolute Gasteiger partial charge is 0.545 e. The minimum Gasteiger partial charge on any atom is -0.545 e. The number of carbonyl (C=O) groups is 1. The van der Waals surface area contributed by atoms with E-state index in [1.807, 2.05) is 6.07 Å². The zero-order valence-corrected chi connectivity index (χ0v) is 8.19. The second-order valence-corrected chi connectivity index (χ2v) is 3.18. The Labute approximate surface area is 86.9 Å². The van der Waals surface area contributed by atoms with E-state index in [0.29, 0.717) is 11.1 Å². The Hall–Kier alpha value is -2.03. The minimum absolute atomic E-state index is 0.204. The molecule has 2 aromatic rings. The van der Waals surface area contributed by atoms with E-state index in [1.54, 1.807) is 31.4 Å². The monoisotopic (exact) mass is 201 g/mol. The summed E-state index contributed by atoms with van der Waals surface area (Å²) in [5.74, 6) is -0.455. The topological polar surface area (TPSA) is 49.4 Å². The number of ether oxygens (including phenoxy) is 1. The predicted octanol–water partition coefficient (Wildman–Crippen LogP) is 1.21. The molecule has 3 nitrogen and oxygen atoms in total. The highest BCUT2D eigenvalue weighted by molar-refractivity contribution is 6.03. The molecule has 15 heavy (non-hydrogen) atoms. The quantitative estimate of drug-likeness (QED) is 0.733. The summed E-state index contributed by atoms with van der Waals surface area (Å²) < 4.78 is 5.06. The lowest BCUT2D eigenvalue weighted by molar-refractivity contribution is -0.254. The second-order valence-electron chi connectivity index (χ2n) is 3.18. The molecule has 0 amide bonds. The van der Waals surface area contributed by atoms with Gasteiger partial charge in [-0.2, -0.15) is 0 Å². The third kappa shape index (κ3) is 1.64. The van der Waals surface area contributed by atoms with Crippen LogP contribution in [0.25, 0.3) is 10.8 Å². The Morgan fingerprint density at radius 3 is 2.73 bits per heavy atom. The highest BCUT2D eigenvalue weighted by Gasteiger charge is 2.02. The highest BCUT2D eigenvalue weighted by atomic mass is 16.5. The maximum absolute atomic E-state index is 10.8. The van der Waals surface area contributed by atoms with Crippen molar-refractivity contribution >= 4 is 16.7 Å². The van der Waals surface area contributed by atoms with Crippen molar-refractivity contribution in [3.05, 3.63) is 42.0 Å². The van der Waals surface area contributed by atoms with Gasteiger partial charge in [-0.25, -0.2) is 0 Å². The van der Waals surface area contributed by atoms with Gasteiger partial charge in [0.15, 0.2) is 0 Å². The number of rotatable bonds is 2. The van der Waals surface area contributed by atoms with Crippen LogP contribution in [0, 0.1) is 0 Å². The predicted molar refractivity (Wildman–Crippen MR) is 54.8 cm³/mol. The molecule has 0 heterocycles. The van der Waals surface area contributed by atoms with E-state index >= 15 is 0 Å². The van der Waals surface area contributed by atoms with E-state index in [1.165, 1.54) is 6.07 Å². The number of carboxylic acid groups (broad SMARTS) is 1. The highest BCUT2D eigenvalue weighted by Crippen LogP contribution is 2.23. The number of benzene rings is 2. The van der Waals surface area contributed by atoms with Crippen LogP contribution in [0.1, 0.15) is 10.4 Å². The van der Waals surface area contributed by atoms with Crippen LogP contribution >= 0.6 is 0 Å². The Kier molecular flexibility index (Phi) is 2.29. The molecule has 3 heteroatoms. The fourth-order valence-corrected chi connectivity index (χ4v) is 1.57. The minimum atomic E-state index is -1.16. The second kappa shape index (κ2) is 3.61. The molecule has 0 fully saturated rings. The molecule has 76 valence electrons. The fourth-order valence-electron chi connectivity index (χ4n) is 1.57. The molecule has 0 atom stereocenters. The Morgan fingerprint density at radius 1 is 1.27 bits per heavy atom. The van der Waals surface area contributed by atoms with Crippen LogP contribution in [0.3, 0.4) is 0 Å². The third-order valence-corrected chi connectivity index (χ3v) is 2.31. The van der Waals surface area contributed by atoms with Crippen molar-refractivity contribution in [3.63, 3.8) is 0 Å². The maximum Gasteiger partial charge on any atom is 0.119 e. The lowest BCUT2D eigenvalue weighted by atomic mass is 10.0. The van der Waals surface area contributed by atoms with Crippen molar-refractivity contribution in [2.75, 3.05) is 7.11 Å². The number of fused-ring (bicyclic) bond motifs is 1. The molecule has 0 N–H and O–H groups in total. The molecule has 2 aromatic carbocycles. The van der Waals surface area contributed by atoms with E-state index in [9.17, 15) is 9.90 Å². The molecule has 0 aromatic heterocycles. The zero-order valence-electron chi connectivity index (χ0n) is 8.19. The molecule has 0 saturated carbocycles. The van der Waals surface area contributed by atoms with Gasteiger partial charge in [0.1, 0.15) is 5.75 Å². The van der Waals surface area contributed by atoms with Crippen molar-refractivity contribution in [2.24, 2.45) is 0 Å². The Morgan fingerprint density at radius 2 is 2.07 bits per heavy atom. The summed E-state index contributed by atoms with van der Waals surface area (Å²) in [5, 5.41) is 12.3. The van der Waals surface area contributed by atoms with Crippen molar-refractivity contribution in [1.29, 1.82) is 0 Å². The van der Waals surface area contributed by atoms with Gasteiger partial charge in [0.05, 0.1) is 13.1 Å². The number of hydrogen-bond donors (Lipinski definition) is 0. The summed E-state index contributed by atoms with van der Waals surface area (Å²) in [6, 6.07) is 10.3. The maximum atomic E-state index is 10.8. The van der Waals surface area contributed by atoms with Crippen molar-refractivity contribution in [1.82, 2.24) is 0 Å². The van der Waals surface area contributed by atoms with Crippen LogP contribution in [-0.4, -0.2) is 13.1 Å². The molecule has 0 aliphatic heterocycles. The Balaban J connectivity index is 2.72. The normalized spacial score (nSPS) is 10.2. The third-order valence-electron chi connectivity index (χ3n) is 2.31. The van der Waals surface area contributed by atoms with E-state index in [2.05, 4.69) is 0 Å².